The molecule has 4 heteroatoms. The molecule has 2 amide bonds. The SMILES string of the molecule is CN1C(=O)C2(CCN(C(=O)c3ccccc3)C2)c2ccccc21. The summed E-state index contributed by atoms with van der Waals surface area (Å²) in [6, 6.07) is 17.2. The molecule has 1 saturated heterocycles. The molecule has 2 aromatic rings. The van der Waals surface area contributed by atoms with Gasteiger partial charge in [0, 0.05) is 31.4 Å². The summed E-state index contributed by atoms with van der Waals surface area (Å²) in [5.41, 5.74) is 2.12. The highest BCUT2D eigenvalue weighted by atomic mass is 16.2. The van der Waals surface area contributed by atoms with Gasteiger partial charge in [-0.25, -0.2) is 0 Å². The van der Waals surface area contributed by atoms with E-state index in [1.54, 1.807) is 4.90 Å². The molecule has 2 heterocycles. The topological polar surface area (TPSA) is 40.6 Å². The maximum atomic E-state index is 12.9. The monoisotopic (exact) mass is 306 g/mol. The standard InChI is InChI=1S/C19H18N2O2/c1-20-16-10-6-5-9-15(16)19(18(20)23)11-12-21(13-19)17(22)14-7-3-2-4-8-14/h2-10H,11-13H2,1H3. The van der Waals surface area contributed by atoms with Crippen molar-refractivity contribution < 1.29 is 9.59 Å². The molecule has 0 aliphatic carbocycles. The minimum absolute atomic E-state index is 0.00214. The second-order valence-corrected chi connectivity index (χ2v) is 6.31. The van der Waals surface area contributed by atoms with Gasteiger partial charge in [-0.1, -0.05) is 36.4 Å². The molecule has 0 radical (unpaired) electrons. The molecule has 23 heavy (non-hydrogen) atoms. The molecule has 1 fully saturated rings. The van der Waals surface area contributed by atoms with E-state index in [-0.39, 0.29) is 11.8 Å². The maximum absolute atomic E-state index is 12.9. The molecule has 2 aliphatic rings. The molecular formula is C19H18N2O2. The van der Waals surface area contributed by atoms with E-state index in [1.165, 1.54) is 0 Å². The second kappa shape index (κ2) is 4.95. The van der Waals surface area contributed by atoms with E-state index >= 15 is 0 Å². The van der Waals surface area contributed by atoms with Crippen LogP contribution >= 0.6 is 0 Å². The molecular weight excluding hydrogens is 288 g/mol. The lowest BCUT2D eigenvalue weighted by atomic mass is 9.81. The Morgan fingerprint density at radius 2 is 1.74 bits per heavy atom. The number of hydrogen-bond donors (Lipinski definition) is 0. The highest BCUT2D eigenvalue weighted by molar-refractivity contribution is 6.09. The number of anilines is 1. The Morgan fingerprint density at radius 3 is 2.52 bits per heavy atom. The molecule has 0 bridgehead atoms. The van der Waals surface area contributed by atoms with E-state index in [0.717, 1.165) is 11.3 Å². The smallest absolute Gasteiger partial charge is 0.253 e. The van der Waals surface area contributed by atoms with Gasteiger partial charge >= 0.3 is 0 Å². The molecule has 116 valence electrons. The lowest BCUT2D eigenvalue weighted by Gasteiger charge is -2.23. The predicted octanol–water partition coefficient (Wildman–Crippen LogP) is 2.45. The third-order valence-corrected chi connectivity index (χ3v) is 5.07. The van der Waals surface area contributed by atoms with Gasteiger partial charge in [-0.2, -0.15) is 0 Å². The van der Waals surface area contributed by atoms with Gasteiger partial charge in [0.05, 0.1) is 5.41 Å². The van der Waals surface area contributed by atoms with Gasteiger partial charge in [0.25, 0.3) is 5.91 Å². The Morgan fingerprint density at radius 1 is 1.04 bits per heavy atom. The minimum Gasteiger partial charge on any atom is -0.337 e. The number of likely N-dealkylation sites (N-methyl/N-ethyl adjacent to an activating group) is 1. The second-order valence-electron chi connectivity index (χ2n) is 6.31. The maximum Gasteiger partial charge on any atom is 0.253 e. The van der Waals surface area contributed by atoms with Gasteiger partial charge in [0.15, 0.2) is 0 Å². The van der Waals surface area contributed by atoms with Gasteiger partial charge in [-0.05, 0) is 30.2 Å². The summed E-state index contributed by atoms with van der Waals surface area (Å²) in [6.45, 7) is 1.07. The number of benzene rings is 2. The first-order valence-corrected chi connectivity index (χ1v) is 7.85. The molecule has 1 unspecified atom stereocenters. The van der Waals surface area contributed by atoms with Crippen molar-refractivity contribution in [2.45, 2.75) is 11.8 Å². The fourth-order valence-corrected chi connectivity index (χ4v) is 3.86. The van der Waals surface area contributed by atoms with E-state index in [2.05, 4.69) is 0 Å². The number of amides is 2. The van der Waals surface area contributed by atoms with Crippen LogP contribution in [-0.4, -0.2) is 36.9 Å². The van der Waals surface area contributed by atoms with Gasteiger partial charge < -0.3 is 9.80 Å². The van der Waals surface area contributed by atoms with E-state index in [9.17, 15) is 9.59 Å². The quantitative estimate of drug-likeness (QED) is 0.812. The summed E-state index contributed by atoms with van der Waals surface area (Å²) in [5.74, 6) is 0.101. The van der Waals surface area contributed by atoms with Gasteiger partial charge in [-0.3, -0.25) is 9.59 Å². The predicted molar refractivity (Wildman–Crippen MR) is 88.5 cm³/mol. The van der Waals surface area contributed by atoms with Gasteiger partial charge in [0.1, 0.15) is 0 Å². The highest BCUT2D eigenvalue weighted by Crippen LogP contribution is 2.46. The molecule has 2 aliphatic heterocycles. The third kappa shape index (κ3) is 1.91. The molecule has 2 aromatic carbocycles. The van der Waals surface area contributed by atoms with Gasteiger partial charge in [-0.15, -0.1) is 0 Å². The number of hydrogen-bond acceptors (Lipinski definition) is 2. The number of fused-ring (bicyclic) bond motifs is 2. The molecule has 1 spiro atoms. The zero-order chi connectivity index (χ0) is 16.0. The van der Waals surface area contributed by atoms with Crippen molar-refractivity contribution in [2.75, 3.05) is 25.0 Å². The fourth-order valence-electron chi connectivity index (χ4n) is 3.86. The van der Waals surface area contributed by atoms with Crippen molar-refractivity contribution in [2.24, 2.45) is 0 Å². The summed E-state index contributed by atoms with van der Waals surface area (Å²) in [7, 11) is 1.82. The number of likely N-dealkylation sites (tertiary alicyclic amines) is 1. The summed E-state index contributed by atoms with van der Waals surface area (Å²) >= 11 is 0. The first kappa shape index (κ1) is 14.0. The molecule has 0 N–H and O–H groups in total. The Bertz CT molecular complexity index is 787. The average Bonchev–Trinajstić information content (AvgIpc) is 3.14. The third-order valence-electron chi connectivity index (χ3n) is 5.07. The summed E-state index contributed by atoms with van der Waals surface area (Å²) in [5, 5.41) is 0. The van der Waals surface area contributed by atoms with E-state index in [0.29, 0.717) is 25.1 Å². The number of rotatable bonds is 1. The van der Waals surface area contributed by atoms with Crippen LogP contribution in [0.25, 0.3) is 0 Å². The van der Waals surface area contributed by atoms with Crippen LogP contribution in [0.2, 0.25) is 0 Å². The van der Waals surface area contributed by atoms with Crippen LogP contribution in [0.4, 0.5) is 5.69 Å². The van der Waals surface area contributed by atoms with E-state index < -0.39 is 5.41 Å². The zero-order valence-electron chi connectivity index (χ0n) is 13.0. The van der Waals surface area contributed by atoms with Gasteiger partial charge in [0.2, 0.25) is 5.91 Å². The zero-order valence-corrected chi connectivity index (χ0v) is 13.0. The van der Waals surface area contributed by atoms with E-state index in [1.807, 2.05) is 66.5 Å². The van der Waals surface area contributed by atoms with Crippen LogP contribution in [0.5, 0.6) is 0 Å². The molecule has 4 nitrogen and oxygen atoms in total. The number of para-hydroxylation sites is 1. The van der Waals surface area contributed by atoms with Crippen molar-refractivity contribution in [3.63, 3.8) is 0 Å². The lowest BCUT2D eigenvalue weighted by molar-refractivity contribution is -0.122. The van der Waals surface area contributed by atoms with Crippen molar-refractivity contribution >= 4 is 17.5 Å². The van der Waals surface area contributed by atoms with Crippen molar-refractivity contribution in [3.8, 4) is 0 Å². The fraction of sp³-hybridized carbons (Fsp3) is 0.263. The first-order chi connectivity index (χ1) is 11.1. The number of nitrogens with zero attached hydrogens (tertiary/aromatic N) is 2. The largest absolute Gasteiger partial charge is 0.337 e. The van der Waals surface area contributed by atoms with Crippen molar-refractivity contribution in [1.29, 1.82) is 0 Å². The average molecular weight is 306 g/mol. The Kier molecular flexibility index (Phi) is 3.01. The molecule has 0 aromatic heterocycles. The Balaban J connectivity index is 1.68. The normalized spacial score (nSPS) is 22.7. The summed E-state index contributed by atoms with van der Waals surface area (Å²) in [6.07, 6.45) is 0.686. The number of carbonyl (C=O) groups is 2. The first-order valence-electron chi connectivity index (χ1n) is 7.85. The van der Waals surface area contributed by atoms with E-state index in [4.69, 9.17) is 0 Å². The van der Waals surface area contributed by atoms with Crippen molar-refractivity contribution in [3.05, 3.63) is 65.7 Å². The van der Waals surface area contributed by atoms with Crippen molar-refractivity contribution in [1.82, 2.24) is 4.90 Å². The van der Waals surface area contributed by atoms with Crippen LogP contribution in [0.3, 0.4) is 0 Å². The van der Waals surface area contributed by atoms with Crippen LogP contribution in [0, 0.1) is 0 Å². The minimum atomic E-state index is -0.574. The van der Waals surface area contributed by atoms with Crippen LogP contribution in [-0.2, 0) is 10.2 Å². The number of carbonyl (C=O) groups excluding carboxylic acids is 2. The van der Waals surface area contributed by atoms with Crippen LogP contribution < -0.4 is 4.90 Å². The summed E-state index contributed by atoms with van der Waals surface area (Å²) in [4.78, 5) is 29.1. The molecule has 1 atom stereocenters. The highest BCUT2D eigenvalue weighted by Gasteiger charge is 2.54. The lowest BCUT2D eigenvalue weighted by Crippen LogP contribution is -2.42. The Labute approximate surface area is 135 Å². The summed E-state index contributed by atoms with van der Waals surface area (Å²) < 4.78 is 0. The molecule has 0 saturated carbocycles. The van der Waals surface area contributed by atoms with Crippen LogP contribution in [0.15, 0.2) is 54.6 Å². The molecule has 4 rings (SSSR count). The Hall–Kier alpha value is -2.62. The van der Waals surface area contributed by atoms with Crippen LogP contribution in [0.1, 0.15) is 22.3 Å².